The van der Waals surface area contributed by atoms with E-state index in [9.17, 15) is 4.79 Å². The molecule has 4 nitrogen and oxygen atoms in total. The molecule has 2 N–H and O–H groups in total. The van der Waals surface area contributed by atoms with Crippen molar-refractivity contribution in [1.29, 1.82) is 0 Å². The number of nitrogens with one attached hydrogen (secondary N) is 2. The number of hydrogen-bond donors (Lipinski definition) is 2. The largest absolute Gasteiger partial charge is 0.375 e. The highest BCUT2D eigenvalue weighted by Crippen LogP contribution is 2.23. The van der Waals surface area contributed by atoms with Crippen LogP contribution in [-0.4, -0.2) is 37.7 Å². The van der Waals surface area contributed by atoms with Crippen LogP contribution < -0.4 is 10.6 Å². The third kappa shape index (κ3) is 5.43. The van der Waals surface area contributed by atoms with Gasteiger partial charge in [0.05, 0.1) is 19.1 Å². The molecule has 0 spiro atoms. The summed E-state index contributed by atoms with van der Waals surface area (Å²) in [5.74, 6) is 0.0737. The predicted molar refractivity (Wildman–Crippen MR) is 88.8 cm³/mol. The molecule has 0 saturated carbocycles. The zero-order chi connectivity index (χ0) is 16.0. The van der Waals surface area contributed by atoms with Gasteiger partial charge in [-0.2, -0.15) is 0 Å². The van der Waals surface area contributed by atoms with Crippen LogP contribution in [0.1, 0.15) is 32.8 Å². The quantitative estimate of drug-likeness (QED) is 0.876. The first-order valence-electron chi connectivity index (χ1n) is 8.11. The van der Waals surface area contributed by atoms with Crippen molar-refractivity contribution in [2.45, 2.75) is 45.8 Å². The Labute approximate surface area is 133 Å². The SMILES string of the molecule is CC(C)(C)[C@H](Cc1ccccc1)NC(=O)C[C@H]1CNCCO1. The maximum absolute atomic E-state index is 12.3. The summed E-state index contributed by atoms with van der Waals surface area (Å²) in [6.07, 6.45) is 1.26. The van der Waals surface area contributed by atoms with E-state index in [1.165, 1.54) is 5.56 Å². The fourth-order valence-corrected chi connectivity index (χ4v) is 2.63. The Hall–Kier alpha value is -1.39. The summed E-state index contributed by atoms with van der Waals surface area (Å²) in [5, 5.41) is 6.46. The molecule has 1 aliphatic heterocycles. The standard InChI is InChI=1S/C18H28N2O2/c1-18(2,3)16(11-14-7-5-4-6-8-14)20-17(21)12-15-13-19-9-10-22-15/h4-8,15-16,19H,9-13H2,1-3H3,(H,20,21)/t15-,16-/m0/s1. The zero-order valence-electron chi connectivity index (χ0n) is 13.9. The maximum atomic E-state index is 12.3. The molecule has 1 aliphatic rings. The molecule has 22 heavy (non-hydrogen) atoms. The highest BCUT2D eigenvalue weighted by Gasteiger charge is 2.27. The number of benzene rings is 1. The molecule has 1 aromatic carbocycles. The van der Waals surface area contributed by atoms with Crippen LogP contribution >= 0.6 is 0 Å². The minimum Gasteiger partial charge on any atom is -0.375 e. The van der Waals surface area contributed by atoms with E-state index in [4.69, 9.17) is 4.74 Å². The van der Waals surface area contributed by atoms with Gasteiger partial charge in [-0.3, -0.25) is 4.79 Å². The molecule has 0 unspecified atom stereocenters. The van der Waals surface area contributed by atoms with Crippen molar-refractivity contribution in [3.8, 4) is 0 Å². The number of carbonyl (C=O) groups is 1. The Kier molecular flexibility index (Phi) is 5.98. The number of ether oxygens (including phenoxy) is 1. The number of hydrogen-bond acceptors (Lipinski definition) is 3. The Morgan fingerprint density at radius 3 is 2.68 bits per heavy atom. The summed E-state index contributed by atoms with van der Waals surface area (Å²) in [7, 11) is 0. The van der Waals surface area contributed by atoms with Gasteiger partial charge in [0.25, 0.3) is 0 Å². The Morgan fingerprint density at radius 1 is 1.36 bits per heavy atom. The summed E-state index contributed by atoms with van der Waals surface area (Å²) < 4.78 is 5.61. The number of morpholine rings is 1. The van der Waals surface area contributed by atoms with Crippen LogP contribution in [-0.2, 0) is 16.0 Å². The van der Waals surface area contributed by atoms with E-state index in [2.05, 4.69) is 43.5 Å². The molecule has 0 radical (unpaired) electrons. The van der Waals surface area contributed by atoms with Gasteiger partial charge < -0.3 is 15.4 Å². The van der Waals surface area contributed by atoms with Crippen molar-refractivity contribution in [2.24, 2.45) is 5.41 Å². The molecule has 2 rings (SSSR count). The van der Waals surface area contributed by atoms with Gasteiger partial charge in [-0.15, -0.1) is 0 Å². The van der Waals surface area contributed by atoms with Gasteiger partial charge in [0.2, 0.25) is 5.91 Å². The second-order valence-electron chi connectivity index (χ2n) is 7.08. The lowest BCUT2D eigenvalue weighted by Gasteiger charge is -2.32. The zero-order valence-corrected chi connectivity index (χ0v) is 13.9. The topological polar surface area (TPSA) is 50.4 Å². The molecule has 0 bridgehead atoms. The summed E-state index contributed by atoms with van der Waals surface area (Å²) in [6, 6.07) is 10.4. The molecule has 122 valence electrons. The van der Waals surface area contributed by atoms with E-state index in [1.807, 2.05) is 18.2 Å². The Morgan fingerprint density at radius 2 is 2.09 bits per heavy atom. The van der Waals surface area contributed by atoms with Gasteiger partial charge in [-0.05, 0) is 17.4 Å². The fraction of sp³-hybridized carbons (Fsp3) is 0.611. The third-order valence-electron chi connectivity index (χ3n) is 4.08. The van der Waals surface area contributed by atoms with Gasteiger partial charge in [-0.25, -0.2) is 0 Å². The summed E-state index contributed by atoms with van der Waals surface area (Å²) >= 11 is 0. The summed E-state index contributed by atoms with van der Waals surface area (Å²) in [6.45, 7) is 8.81. The van der Waals surface area contributed by atoms with Crippen molar-refractivity contribution in [3.63, 3.8) is 0 Å². The monoisotopic (exact) mass is 304 g/mol. The van der Waals surface area contributed by atoms with Crippen LogP contribution in [0.3, 0.4) is 0 Å². The maximum Gasteiger partial charge on any atom is 0.222 e. The van der Waals surface area contributed by atoms with Crippen LogP contribution in [0.2, 0.25) is 0 Å². The Bertz CT molecular complexity index is 462. The van der Waals surface area contributed by atoms with Crippen molar-refractivity contribution in [1.82, 2.24) is 10.6 Å². The molecule has 2 atom stereocenters. The molecule has 1 amide bonds. The first-order valence-corrected chi connectivity index (χ1v) is 8.11. The van der Waals surface area contributed by atoms with Crippen molar-refractivity contribution in [3.05, 3.63) is 35.9 Å². The van der Waals surface area contributed by atoms with Crippen molar-refractivity contribution >= 4 is 5.91 Å². The highest BCUT2D eigenvalue weighted by atomic mass is 16.5. The molecule has 1 heterocycles. The molecule has 1 saturated heterocycles. The molecule has 4 heteroatoms. The lowest BCUT2D eigenvalue weighted by atomic mass is 9.83. The Balaban J connectivity index is 1.93. The average Bonchev–Trinajstić information content (AvgIpc) is 2.48. The van der Waals surface area contributed by atoms with Crippen LogP contribution in [0.15, 0.2) is 30.3 Å². The molecular formula is C18H28N2O2. The molecular weight excluding hydrogens is 276 g/mol. The van der Waals surface area contributed by atoms with Crippen molar-refractivity contribution in [2.75, 3.05) is 19.7 Å². The first kappa shape index (κ1) is 17.0. The lowest BCUT2D eigenvalue weighted by molar-refractivity contribution is -0.125. The number of carbonyl (C=O) groups excluding carboxylic acids is 1. The van der Waals surface area contributed by atoms with E-state index >= 15 is 0 Å². The van der Waals surface area contributed by atoms with E-state index in [0.29, 0.717) is 13.0 Å². The normalized spacial score (nSPS) is 20.4. The average molecular weight is 304 g/mol. The third-order valence-corrected chi connectivity index (χ3v) is 4.08. The van der Waals surface area contributed by atoms with Crippen LogP contribution in [0.5, 0.6) is 0 Å². The first-order chi connectivity index (χ1) is 10.4. The van der Waals surface area contributed by atoms with E-state index in [-0.39, 0.29) is 23.5 Å². The van der Waals surface area contributed by atoms with E-state index < -0.39 is 0 Å². The molecule has 1 aromatic rings. The van der Waals surface area contributed by atoms with Crippen LogP contribution in [0.4, 0.5) is 0 Å². The van der Waals surface area contributed by atoms with Gasteiger partial charge in [0, 0.05) is 19.1 Å². The molecule has 1 fully saturated rings. The highest BCUT2D eigenvalue weighted by molar-refractivity contribution is 5.77. The van der Waals surface area contributed by atoms with Gasteiger partial charge in [0.1, 0.15) is 0 Å². The van der Waals surface area contributed by atoms with Gasteiger partial charge in [-0.1, -0.05) is 51.1 Å². The van der Waals surface area contributed by atoms with Crippen LogP contribution in [0, 0.1) is 5.41 Å². The second kappa shape index (κ2) is 7.75. The second-order valence-corrected chi connectivity index (χ2v) is 7.08. The minimum atomic E-state index is -0.00825. The fourth-order valence-electron chi connectivity index (χ4n) is 2.63. The summed E-state index contributed by atoms with van der Waals surface area (Å²) in [5.41, 5.74) is 1.26. The molecule has 0 aromatic heterocycles. The van der Waals surface area contributed by atoms with E-state index in [0.717, 1.165) is 19.5 Å². The smallest absolute Gasteiger partial charge is 0.222 e. The van der Waals surface area contributed by atoms with Gasteiger partial charge >= 0.3 is 0 Å². The van der Waals surface area contributed by atoms with Crippen LogP contribution in [0.25, 0.3) is 0 Å². The van der Waals surface area contributed by atoms with Crippen molar-refractivity contribution < 1.29 is 9.53 Å². The predicted octanol–water partition coefficient (Wildman–Crippen LogP) is 2.14. The molecule has 0 aliphatic carbocycles. The summed E-state index contributed by atoms with van der Waals surface area (Å²) in [4.78, 5) is 12.3. The number of rotatable bonds is 5. The van der Waals surface area contributed by atoms with Gasteiger partial charge in [0.15, 0.2) is 0 Å². The van der Waals surface area contributed by atoms with E-state index in [1.54, 1.807) is 0 Å². The number of amides is 1. The minimum absolute atomic E-state index is 0.00825. The lowest BCUT2D eigenvalue weighted by Crippen LogP contribution is -2.48.